The number of rotatable bonds is 4. The number of nitro groups is 1. The Morgan fingerprint density at radius 1 is 1.26 bits per heavy atom. The minimum Gasteiger partial charge on any atom is -0.507 e. The fourth-order valence-corrected chi connectivity index (χ4v) is 2.03. The Bertz CT molecular complexity index is 905. The fraction of sp³-hybridized carbons (Fsp3) is 0. The summed E-state index contributed by atoms with van der Waals surface area (Å²) in [6, 6.07) is 11.2. The Hall–Kier alpha value is -3.55. The van der Waals surface area contributed by atoms with E-state index in [1.54, 1.807) is 6.20 Å². The summed E-state index contributed by atoms with van der Waals surface area (Å²) in [5.41, 5.74) is 2.82. The van der Waals surface area contributed by atoms with E-state index in [1.165, 1.54) is 24.4 Å². The Balaban J connectivity index is 1.86. The standard InChI is InChI=1S/C15H11N5O3/c21-14-6-5-12(20(22)23)7-11(14)9-17-19-15-13-4-2-1-3-10(13)8-16-18-15/h1-9,21H,(H,18,19). The number of nitro benzene ring substituents is 1. The largest absolute Gasteiger partial charge is 0.507 e. The quantitative estimate of drug-likeness (QED) is 0.435. The van der Waals surface area contributed by atoms with Crippen LogP contribution < -0.4 is 5.43 Å². The number of fused-ring (bicyclic) bond motifs is 1. The van der Waals surface area contributed by atoms with E-state index in [4.69, 9.17) is 0 Å². The average Bonchev–Trinajstić information content (AvgIpc) is 2.56. The molecule has 0 saturated heterocycles. The van der Waals surface area contributed by atoms with Crippen LogP contribution >= 0.6 is 0 Å². The summed E-state index contributed by atoms with van der Waals surface area (Å²) in [5, 5.41) is 34.0. The lowest BCUT2D eigenvalue weighted by molar-refractivity contribution is -0.384. The van der Waals surface area contributed by atoms with Crippen LogP contribution in [0.2, 0.25) is 0 Å². The molecule has 0 bridgehead atoms. The van der Waals surface area contributed by atoms with Crippen molar-refractivity contribution in [1.29, 1.82) is 0 Å². The van der Waals surface area contributed by atoms with E-state index in [2.05, 4.69) is 20.7 Å². The first kappa shape index (κ1) is 14.4. The Morgan fingerprint density at radius 2 is 2.09 bits per heavy atom. The van der Waals surface area contributed by atoms with Gasteiger partial charge in [-0.1, -0.05) is 24.3 Å². The molecule has 0 aliphatic carbocycles. The number of benzene rings is 2. The third-order valence-electron chi connectivity index (χ3n) is 3.17. The molecule has 114 valence electrons. The topological polar surface area (TPSA) is 114 Å². The SMILES string of the molecule is O=[N+]([O-])c1ccc(O)c(C=NNc2nncc3ccccc23)c1. The highest BCUT2D eigenvalue weighted by atomic mass is 16.6. The molecular weight excluding hydrogens is 298 g/mol. The van der Waals surface area contributed by atoms with Gasteiger partial charge < -0.3 is 5.11 Å². The second kappa shape index (κ2) is 6.06. The van der Waals surface area contributed by atoms with Gasteiger partial charge in [0.2, 0.25) is 0 Å². The summed E-state index contributed by atoms with van der Waals surface area (Å²) < 4.78 is 0. The normalized spacial score (nSPS) is 11.0. The molecular formula is C15H11N5O3. The lowest BCUT2D eigenvalue weighted by Crippen LogP contribution is -1.97. The Kier molecular flexibility index (Phi) is 3.79. The van der Waals surface area contributed by atoms with Crippen molar-refractivity contribution >= 4 is 28.5 Å². The molecule has 23 heavy (non-hydrogen) atoms. The smallest absolute Gasteiger partial charge is 0.270 e. The van der Waals surface area contributed by atoms with E-state index >= 15 is 0 Å². The molecule has 3 aromatic rings. The summed E-state index contributed by atoms with van der Waals surface area (Å²) in [5.74, 6) is 0.342. The number of aromatic hydroxyl groups is 1. The molecule has 0 unspecified atom stereocenters. The van der Waals surface area contributed by atoms with Crippen LogP contribution in [0.1, 0.15) is 5.56 Å². The first-order valence-electron chi connectivity index (χ1n) is 6.62. The number of aromatic nitrogens is 2. The summed E-state index contributed by atoms with van der Waals surface area (Å²) in [7, 11) is 0. The van der Waals surface area contributed by atoms with Gasteiger partial charge in [0, 0.05) is 28.5 Å². The van der Waals surface area contributed by atoms with Crippen molar-refractivity contribution in [1.82, 2.24) is 10.2 Å². The van der Waals surface area contributed by atoms with Crippen molar-refractivity contribution in [3.05, 3.63) is 64.3 Å². The number of phenolic OH excluding ortho intramolecular Hbond substituents is 1. The molecule has 0 radical (unpaired) electrons. The highest BCUT2D eigenvalue weighted by Gasteiger charge is 2.08. The second-order valence-corrected chi connectivity index (χ2v) is 4.65. The van der Waals surface area contributed by atoms with Crippen molar-refractivity contribution in [2.75, 3.05) is 5.43 Å². The van der Waals surface area contributed by atoms with Gasteiger partial charge in [-0.05, 0) is 6.07 Å². The summed E-state index contributed by atoms with van der Waals surface area (Å²) in [6.45, 7) is 0. The molecule has 2 aromatic carbocycles. The molecule has 1 heterocycles. The maximum absolute atomic E-state index is 10.8. The summed E-state index contributed by atoms with van der Waals surface area (Å²) in [6.07, 6.45) is 2.92. The summed E-state index contributed by atoms with van der Waals surface area (Å²) >= 11 is 0. The van der Waals surface area contributed by atoms with Gasteiger partial charge in [-0.15, -0.1) is 5.10 Å². The molecule has 3 rings (SSSR count). The molecule has 0 aliphatic rings. The molecule has 0 saturated carbocycles. The van der Waals surface area contributed by atoms with Crippen LogP contribution in [0.25, 0.3) is 10.8 Å². The van der Waals surface area contributed by atoms with Crippen LogP contribution in [0.15, 0.2) is 53.8 Å². The monoisotopic (exact) mass is 309 g/mol. The number of hydrogen-bond acceptors (Lipinski definition) is 7. The van der Waals surface area contributed by atoms with Crippen LogP contribution in [-0.2, 0) is 0 Å². The molecule has 8 heteroatoms. The molecule has 8 nitrogen and oxygen atoms in total. The van der Waals surface area contributed by atoms with Crippen molar-refractivity contribution in [2.24, 2.45) is 5.10 Å². The first-order chi connectivity index (χ1) is 11.1. The highest BCUT2D eigenvalue weighted by molar-refractivity contribution is 5.91. The Morgan fingerprint density at radius 3 is 2.91 bits per heavy atom. The molecule has 0 atom stereocenters. The molecule has 0 fully saturated rings. The van der Waals surface area contributed by atoms with Crippen molar-refractivity contribution in [2.45, 2.75) is 0 Å². The average molecular weight is 309 g/mol. The number of hydrogen-bond donors (Lipinski definition) is 2. The lowest BCUT2D eigenvalue weighted by Gasteiger charge is -2.03. The van der Waals surface area contributed by atoms with Crippen LogP contribution in [0, 0.1) is 10.1 Å². The van der Waals surface area contributed by atoms with E-state index in [0.29, 0.717) is 5.82 Å². The van der Waals surface area contributed by atoms with Gasteiger partial charge in [0.05, 0.1) is 17.3 Å². The minimum atomic E-state index is -0.541. The van der Waals surface area contributed by atoms with Crippen LogP contribution in [0.3, 0.4) is 0 Å². The minimum absolute atomic E-state index is 0.106. The number of hydrazone groups is 1. The number of anilines is 1. The predicted molar refractivity (Wildman–Crippen MR) is 85.5 cm³/mol. The maximum atomic E-state index is 10.8. The van der Waals surface area contributed by atoms with Gasteiger partial charge in [0.25, 0.3) is 5.69 Å². The third-order valence-corrected chi connectivity index (χ3v) is 3.17. The zero-order valence-electron chi connectivity index (χ0n) is 11.7. The first-order valence-corrected chi connectivity index (χ1v) is 6.62. The van der Waals surface area contributed by atoms with Gasteiger partial charge in [-0.2, -0.15) is 10.2 Å². The van der Waals surface area contributed by atoms with E-state index < -0.39 is 4.92 Å². The second-order valence-electron chi connectivity index (χ2n) is 4.65. The third kappa shape index (κ3) is 3.05. The van der Waals surface area contributed by atoms with Gasteiger partial charge in [-0.25, -0.2) is 0 Å². The van der Waals surface area contributed by atoms with E-state index in [-0.39, 0.29) is 17.0 Å². The van der Waals surface area contributed by atoms with E-state index in [1.807, 2.05) is 24.3 Å². The molecule has 2 N–H and O–H groups in total. The molecule has 1 aromatic heterocycles. The zero-order chi connectivity index (χ0) is 16.2. The van der Waals surface area contributed by atoms with Crippen LogP contribution in [-0.4, -0.2) is 26.4 Å². The number of non-ortho nitro benzene ring substituents is 1. The lowest BCUT2D eigenvalue weighted by atomic mass is 10.2. The van der Waals surface area contributed by atoms with Crippen LogP contribution in [0.5, 0.6) is 5.75 Å². The fourth-order valence-electron chi connectivity index (χ4n) is 2.03. The van der Waals surface area contributed by atoms with Gasteiger partial charge in [-0.3, -0.25) is 15.5 Å². The molecule has 0 amide bonds. The van der Waals surface area contributed by atoms with Gasteiger partial charge >= 0.3 is 0 Å². The number of phenols is 1. The molecule has 0 aliphatic heterocycles. The Labute approximate surface area is 130 Å². The zero-order valence-corrected chi connectivity index (χ0v) is 11.7. The van der Waals surface area contributed by atoms with Gasteiger partial charge in [0.15, 0.2) is 5.82 Å². The van der Waals surface area contributed by atoms with E-state index in [0.717, 1.165) is 10.8 Å². The van der Waals surface area contributed by atoms with Crippen LogP contribution in [0.4, 0.5) is 11.5 Å². The molecule has 0 spiro atoms. The predicted octanol–water partition coefficient (Wildman–Crippen LogP) is 2.69. The van der Waals surface area contributed by atoms with Crippen molar-refractivity contribution < 1.29 is 10.0 Å². The number of nitrogens with one attached hydrogen (secondary N) is 1. The van der Waals surface area contributed by atoms with Crippen molar-refractivity contribution in [3.8, 4) is 5.75 Å². The number of nitrogens with zero attached hydrogens (tertiary/aromatic N) is 4. The summed E-state index contributed by atoms with van der Waals surface area (Å²) in [4.78, 5) is 10.2. The van der Waals surface area contributed by atoms with E-state index in [9.17, 15) is 15.2 Å². The van der Waals surface area contributed by atoms with Gasteiger partial charge in [0.1, 0.15) is 5.75 Å². The maximum Gasteiger partial charge on any atom is 0.270 e. The highest BCUT2D eigenvalue weighted by Crippen LogP contribution is 2.22. The van der Waals surface area contributed by atoms with Crippen molar-refractivity contribution in [3.63, 3.8) is 0 Å².